The number of rotatable bonds is 4. The van der Waals surface area contributed by atoms with E-state index in [0.29, 0.717) is 4.99 Å². The topological polar surface area (TPSA) is 29.3 Å². The summed E-state index contributed by atoms with van der Waals surface area (Å²) in [6.07, 6.45) is 0. The Bertz CT molecular complexity index is 635. The van der Waals surface area contributed by atoms with Crippen LogP contribution in [-0.4, -0.2) is 11.5 Å². The van der Waals surface area contributed by atoms with Gasteiger partial charge in [0.2, 0.25) is 0 Å². The van der Waals surface area contributed by atoms with Crippen LogP contribution in [0.4, 0.5) is 11.4 Å². The summed E-state index contributed by atoms with van der Waals surface area (Å²) in [7, 11) is 0. The molecule has 0 aromatic heterocycles. The Morgan fingerprint density at radius 2 is 1.80 bits per heavy atom. The van der Waals surface area contributed by atoms with E-state index in [4.69, 9.17) is 18.0 Å². The molecule has 20 heavy (non-hydrogen) atoms. The SMILES string of the molecule is CCN(c1cccc(C)c1)c1ccc(C(N)=S)c(C)c1. The minimum Gasteiger partial charge on any atom is -0.389 e. The molecule has 0 unspecified atom stereocenters. The summed E-state index contributed by atoms with van der Waals surface area (Å²) in [6, 6.07) is 14.7. The number of nitrogens with two attached hydrogens (primary N) is 1. The first-order chi connectivity index (χ1) is 9.52. The summed E-state index contributed by atoms with van der Waals surface area (Å²) < 4.78 is 0. The molecule has 2 aromatic carbocycles. The molecule has 2 rings (SSSR count). The highest BCUT2D eigenvalue weighted by Gasteiger charge is 2.09. The van der Waals surface area contributed by atoms with Gasteiger partial charge in [-0.25, -0.2) is 0 Å². The molecule has 0 saturated carbocycles. The van der Waals surface area contributed by atoms with E-state index in [1.54, 1.807) is 0 Å². The van der Waals surface area contributed by atoms with Gasteiger partial charge in [-0.2, -0.15) is 0 Å². The van der Waals surface area contributed by atoms with Gasteiger partial charge in [-0.05, 0) is 62.2 Å². The van der Waals surface area contributed by atoms with Crippen molar-refractivity contribution in [2.45, 2.75) is 20.8 Å². The molecule has 0 fully saturated rings. The van der Waals surface area contributed by atoms with Crippen molar-refractivity contribution in [2.75, 3.05) is 11.4 Å². The lowest BCUT2D eigenvalue weighted by Gasteiger charge is -2.24. The zero-order valence-electron chi connectivity index (χ0n) is 12.2. The molecule has 0 amide bonds. The molecule has 0 aliphatic carbocycles. The van der Waals surface area contributed by atoms with Crippen LogP contribution in [0.1, 0.15) is 23.6 Å². The quantitative estimate of drug-likeness (QED) is 0.857. The van der Waals surface area contributed by atoms with E-state index in [1.165, 1.54) is 11.3 Å². The van der Waals surface area contributed by atoms with Crippen LogP contribution in [0.15, 0.2) is 42.5 Å². The third-order valence-electron chi connectivity index (χ3n) is 3.42. The van der Waals surface area contributed by atoms with Crippen LogP contribution in [0.2, 0.25) is 0 Å². The number of benzene rings is 2. The zero-order valence-corrected chi connectivity index (χ0v) is 13.0. The summed E-state index contributed by atoms with van der Waals surface area (Å²) in [4.78, 5) is 2.73. The number of anilines is 2. The Hall–Kier alpha value is -1.87. The molecule has 104 valence electrons. The number of nitrogens with zero attached hydrogens (tertiary/aromatic N) is 1. The smallest absolute Gasteiger partial charge is 0.104 e. The van der Waals surface area contributed by atoms with Gasteiger partial charge in [-0.1, -0.05) is 24.4 Å². The van der Waals surface area contributed by atoms with Gasteiger partial charge in [0.25, 0.3) is 0 Å². The van der Waals surface area contributed by atoms with E-state index < -0.39 is 0 Å². The maximum Gasteiger partial charge on any atom is 0.104 e. The van der Waals surface area contributed by atoms with E-state index in [2.05, 4.69) is 55.1 Å². The van der Waals surface area contributed by atoms with Crippen molar-refractivity contribution < 1.29 is 0 Å². The maximum atomic E-state index is 5.72. The van der Waals surface area contributed by atoms with Gasteiger partial charge in [-0.3, -0.25) is 0 Å². The van der Waals surface area contributed by atoms with Gasteiger partial charge < -0.3 is 10.6 Å². The molecular weight excluding hydrogens is 264 g/mol. The molecular formula is C17H20N2S. The minimum atomic E-state index is 0.452. The lowest BCUT2D eigenvalue weighted by molar-refractivity contribution is 1.02. The highest BCUT2D eigenvalue weighted by Crippen LogP contribution is 2.27. The van der Waals surface area contributed by atoms with Crippen LogP contribution in [0.25, 0.3) is 0 Å². The number of hydrogen-bond donors (Lipinski definition) is 1. The maximum absolute atomic E-state index is 5.72. The van der Waals surface area contributed by atoms with Gasteiger partial charge in [0, 0.05) is 23.5 Å². The number of thiocarbonyl (C=S) groups is 1. The zero-order chi connectivity index (χ0) is 14.7. The fourth-order valence-corrected chi connectivity index (χ4v) is 2.63. The fourth-order valence-electron chi connectivity index (χ4n) is 2.40. The fraction of sp³-hybridized carbons (Fsp3) is 0.235. The van der Waals surface area contributed by atoms with Crippen molar-refractivity contribution >= 4 is 28.6 Å². The highest BCUT2D eigenvalue weighted by molar-refractivity contribution is 7.80. The Morgan fingerprint density at radius 1 is 1.10 bits per heavy atom. The third-order valence-corrected chi connectivity index (χ3v) is 3.64. The Balaban J connectivity index is 2.42. The van der Waals surface area contributed by atoms with Crippen molar-refractivity contribution in [3.05, 3.63) is 59.2 Å². The predicted molar refractivity (Wildman–Crippen MR) is 90.9 cm³/mol. The average Bonchev–Trinajstić information content (AvgIpc) is 2.39. The van der Waals surface area contributed by atoms with Crippen molar-refractivity contribution in [3.63, 3.8) is 0 Å². The van der Waals surface area contributed by atoms with E-state index in [-0.39, 0.29) is 0 Å². The second-order valence-electron chi connectivity index (χ2n) is 4.95. The van der Waals surface area contributed by atoms with Gasteiger partial charge in [0.05, 0.1) is 0 Å². The highest BCUT2D eigenvalue weighted by atomic mass is 32.1. The molecule has 0 aliphatic rings. The van der Waals surface area contributed by atoms with Crippen molar-refractivity contribution in [3.8, 4) is 0 Å². The van der Waals surface area contributed by atoms with Crippen molar-refractivity contribution in [1.29, 1.82) is 0 Å². The van der Waals surface area contributed by atoms with Crippen LogP contribution in [0, 0.1) is 13.8 Å². The average molecular weight is 284 g/mol. The molecule has 0 saturated heterocycles. The summed E-state index contributed by atoms with van der Waals surface area (Å²) in [6.45, 7) is 7.22. The monoisotopic (exact) mass is 284 g/mol. The first-order valence-corrected chi connectivity index (χ1v) is 7.18. The molecule has 3 heteroatoms. The first kappa shape index (κ1) is 14.5. The Morgan fingerprint density at radius 3 is 2.35 bits per heavy atom. The second kappa shape index (κ2) is 6.06. The molecule has 2 nitrogen and oxygen atoms in total. The normalized spacial score (nSPS) is 10.3. The minimum absolute atomic E-state index is 0.452. The van der Waals surface area contributed by atoms with Crippen LogP contribution in [0.3, 0.4) is 0 Å². The van der Waals surface area contributed by atoms with E-state index in [1.807, 2.05) is 13.0 Å². The van der Waals surface area contributed by atoms with Crippen molar-refractivity contribution in [1.82, 2.24) is 0 Å². The van der Waals surface area contributed by atoms with E-state index in [9.17, 15) is 0 Å². The molecule has 0 atom stereocenters. The van der Waals surface area contributed by atoms with Crippen LogP contribution in [-0.2, 0) is 0 Å². The molecule has 0 radical (unpaired) electrons. The van der Waals surface area contributed by atoms with Gasteiger partial charge in [0.1, 0.15) is 4.99 Å². The molecule has 2 N–H and O–H groups in total. The molecule has 2 aromatic rings. The Kier molecular flexibility index (Phi) is 4.40. The standard InChI is InChI=1S/C17H20N2S/c1-4-19(14-7-5-6-12(2)10-14)15-8-9-16(17(18)20)13(3)11-15/h5-11H,4H2,1-3H3,(H2,18,20). The lowest BCUT2D eigenvalue weighted by Crippen LogP contribution is -2.17. The molecule has 0 bridgehead atoms. The van der Waals surface area contributed by atoms with Crippen LogP contribution < -0.4 is 10.6 Å². The molecule has 0 spiro atoms. The first-order valence-electron chi connectivity index (χ1n) is 6.77. The summed E-state index contributed by atoms with van der Waals surface area (Å²) in [5.41, 5.74) is 11.4. The van der Waals surface area contributed by atoms with Gasteiger partial charge in [0.15, 0.2) is 0 Å². The Labute approximate surface area is 126 Å². The summed E-state index contributed by atoms with van der Waals surface area (Å²) in [5, 5.41) is 0. The predicted octanol–water partition coefficient (Wildman–Crippen LogP) is 4.10. The van der Waals surface area contributed by atoms with Gasteiger partial charge in [-0.15, -0.1) is 0 Å². The second-order valence-corrected chi connectivity index (χ2v) is 5.39. The van der Waals surface area contributed by atoms with E-state index >= 15 is 0 Å². The summed E-state index contributed by atoms with van der Waals surface area (Å²) >= 11 is 5.06. The number of hydrogen-bond acceptors (Lipinski definition) is 2. The van der Waals surface area contributed by atoms with Crippen molar-refractivity contribution in [2.24, 2.45) is 5.73 Å². The number of aryl methyl sites for hydroxylation is 2. The largest absolute Gasteiger partial charge is 0.389 e. The lowest BCUT2D eigenvalue weighted by atomic mass is 10.1. The summed E-state index contributed by atoms with van der Waals surface area (Å²) in [5.74, 6) is 0. The molecule has 0 aliphatic heterocycles. The molecule has 0 heterocycles. The van der Waals surface area contributed by atoms with E-state index in [0.717, 1.165) is 23.4 Å². The van der Waals surface area contributed by atoms with Crippen LogP contribution in [0.5, 0.6) is 0 Å². The third kappa shape index (κ3) is 2.99. The van der Waals surface area contributed by atoms with Gasteiger partial charge >= 0.3 is 0 Å². The van der Waals surface area contributed by atoms with Crippen LogP contribution >= 0.6 is 12.2 Å².